The SMILES string of the molecule is CC(C)(C)c1ccc(C(=O)N2CC3C(C2)C3CN(C(=O)Oc2cccs2)c2ccc(C3CCOCC3)nc2)cc1. The lowest BCUT2D eigenvalue weighted by molar-refractivity contribution is 0.0768. The lowest BCUT2D eigenvalue weighted by Crippen LogP contribution is -2.38. The van der Waals surface area contributed by atoms with Crippen molar-refractivity contribution in [3.63, 3.8) is 0 Å². The van der Waals surface area contributed by atoms with Gasteiger partial charge < -0.3 is 14.4 Å². The molecule has 1 aromatic carbocycles. The number of carbonyl (C=O) groups is 2. The molecule has 7 nitrogen and oxygen atoms in total. The molecular weight excluding hydrogens is 522 g/mol. The summed E-state index contributed by atoms with van der Waals surface area (Å²) in [5.41, 5.74) is 3.81. The quantitative estimate of drug-likeness (QED) is 0.352. The van der Waals surface area contributed by atoms with E-state index in [0.717, 1.165) is 56.1 Å². The van der Waals surface area contributed by atoms with Gasteiger partial charge in [0.05, 0.1) is 11.9 Å². The number of carbonyl (C=O) groups excluding carboxylic acids is 2. The number of rotatable bonds is 6. The molecule has 0 N–H and O–H groups in total. The summed E-state index contributed by atoms with van der Waals surface area (Å²) >= 11 is 1.40. The van der Waals surface area contributed by atoms with Crippen LogP contribution in [-0.4, -0.2) is 54.7 Å². The summed E-state index contributed by atoms with van der Waals surface area (Å²) in [6.07, 6.45) is 3.35. The van der Waals surface area contributed by atoms with E-state index < -0.39 is 0 Å². The molecule has 2 unspecified atom stereocenters. The molecule has 2 aromatic heterocycles. The molecule has 0 bridgehead atoms. The Bertz CT molecular complexity index is 1320. The van der Waals surface area contributed by atoms with Crippen LogP contribution in [0, 0.1) is 17.8 Å². The first kappa shape index (κ1) is 27.0. The largest absolute Gasteiger partial charge is 0.420 e. The van der Waals surface area contributed by atoms with Crippen LogP contribution in [0.2, 0.25) is 0 Å². The van der Waals surface area contributed by atoms with E-state index in [1.54, 1.807) is 17.2 Å². The minimum Gasteiger partial charge on any atom is -0.399 e. The minimum absolute atomic E-state index is 0.0568. The van der Waals surface area contributed by atoms with Gasteiger partial charge in [-0.1, -0.05) is 32.9 Å². The van der Waals surface area contributed by atoms with Crippen molar-refractivity contribution in [2.24, 2.45) is 17.8 Å². The summed E-state index contributed by atoms with van der Waals surface area (Å²) in [6, 6.07) is 15.7. The van der Waals surface area contributed by atoms with Gasteiger partial charge in [-0.25, -0.2) is 4.79 Å². The number of likely N-dealkylation sites (tertiary alicyclic amines) is 1. The van der Waals surface area contributed by atoms with Gasteiger partial charge in [0.25, 0.3) is 5.91 Å². The summed E-state index contributed by atoms with van der Waals surface area (Å²) in [4.78, 5) is 35.0. The van der Waals surface area contributed by atoms with Crippen molar-refractivity contribution in [1.29, 1.82) is 0 Å². The second kappa shape index (κ2) is 11.0. The zero-order valence-electron chi connectivity index (χ0n) is 23.4. The zero-order chi connectivity index (χ0) is 27.9. The molecule has 3 fully saturated rings. The highest BCUT2D eigenvalue weighted by Crippen LogP contribution is 2.52. The third kappa shape index (κ3) is 5.65. The summed E-state index contributed by atoms with van der Waals surface area (Å²) in [7, 11) is 0. The highest BCUT2D eigenvalue weighted by molar-refractivity contribution is 7.11. The molecule has 6 rings (SSSR count). The predicted molar refractivity (Wildman–Crippen MR) is 156 cm³/mol. The van der Waals surface area contributed by atoms with Gasteiger partial charge in [-0.05, 0) is 83.4 Å². The number of benzene rings is 1. The van der Waals surface area contributed by atoms with E-state index in [9.17, 15) is 9.59 Å². The Kier molecular flexibility index (Phi) is 7.40. The van der Waals surface area contributed by atoms with E-state index in [1.165, 1.54) is 16.9 Å². The number of fused-ring (bicyclic) bond motifs is 1. The second-order valence-corrected chi connectivity index (χ2v) is 13.2. The first-order valence-electron chi connectivity index (χ1n) is 14.2. The Morgan fingerprint density at radius 3 is 2.38 bits per heavy atom. The predicted octanol–water partition coefficient (Wildman–Crippen LogP) is 6.36. The highest BCUT2D eigenvalue weighted by Gasteiger charge is 2.57. The maximum Gasteiger partial charge on any atom is 0.420 e. The van der Waals surface area contributed by atoms with Gasteiger partial charge >= 0.3 is 6.09 Å². The smallest absolute Gasteiger partial charge is 0.399 e. The van der Waals surface area contributed by atoms with E-state index in [1.807, 2.05) is 40.6 Å². The van der Waals surface area contributed by atoms with Crippen LogP contribution in [0.4, 0.5) is 10.5 Å². The Morgan fingerprint density at radius 2 is 1.77 bits per heavy atom. The van der Waals surface area contributed by atoms with E-state index in [-0.39, 0.29) is 17.4 Å². The Balaban J connectivity index is 1.12. The third-order valence-electron chi connectivity index (χ3n) is 8.68. The summed E-state index contributed by atoms with van der Waals surface area (Å²) < 4.78 is 11.2. The van der Waals surface area contributed by atoms with E-state index in [2.05, 4.69) is 32.9 Å². The average Bonchev–Trinajstić information content (AvgIpc) is 3.32. The number of anilines is 1. The van der Waals surface area contributed by atoms with Crippen LogP contribution < -0.4 is 9.64 Å². The van der Waals surface area contributed by atoms with Gasteiger partial charge in [0.15, 0.2) is 5.06 Å². The summed E-state index contributed by atoms with van der Waals surface area (Å²) in [6.45, 7) is 10.1. The third-order valence-corrected chi connectivity index (χ3v) is 9.42. The van der Waals surface area contributed by atoms with Gasteiger partial charge in [-0.15, -0.1) is 11.3 Å². The van der Waals surface area contributed by atoms with Crippen molar-refractivity contribution in [2.75, 3.05) is 37.7 Å². The normalized spacial score (nSPS) is 22.6. The molecular formula is C32H37N3O4S. The molecule has 1 saturated carbocycles. The van der Waals surface area contributed by atoms with Crippen LogP contribution in [-0.2, 0) is 10.2 Å². The summed E-state index contributed by atoms with van der Waals surface area (Å²) in [5, 5.41) is 2.47. The molecule has 210 valence electrons. The number of thiophene rings is 1. The molecule has 3 aliphatic rings. The molecule has 0 spiro atoms. The molecule has 0 radical (unpaired) electrons. The molecule has 2 saturated heterocycles. The topological polar surface area (TPSA) is 72.0 Å². The van der Waals surface area contributed by atoms with E-state index in [4.69, 9.17) is 14.5 Å². The number of hydrogen-bond donors (Lipinski definition) is 0. The molecule has 3 aromatic rings. The number of nitrogens with zero attached hydrogens (tertiary/aromatic N) is 3. The lowest BCUT2D eigenvalue weighted by Gasteiger charge is -2.26. The number of amides is 2. The number of aromatic nitrogens is 1. The Hall–Kier alpha value is -3.23. The monoisotopic (exact) mass is 559 g/mol. The van der Waals surface area contributed by atoms with Gasteiger partial charge in [0.1, 0.15) is 0 Å². The first-order chi connectivity index (χ1) is 19.3. The number of ether oxygens (including phenoxy) is 2. The van der Waals surface area contributed by atoms with Crippen LogP contribution >= 0.6 is 11.3 Å². The van der Waals surface area contributed by atoms with Crippen molar-refractivity contribution in [3.8, 4) is 5.06 Å². The van der Waals surface area contributed by atoms with Crippen molar-refractivity contribution in [1.82, 2.24) is 9.88 Å². The second-order valence-electron chi connectivity index (χ2n) is 12.3. The molecule has 2 amide bonds. The van der Waals surface area contributed by atoms with Gasteiger partial charge in [0, 0.05) is 50.0 Å². The van der Waals surface area contributed by atoms with Crippen LogP contribution in [0.15, 0.2) is 60.1 Å². The van der Waals surface area contributed by atoms with Crippen molar-refractivity contribution in [3.05, 3.63) is 76.9 Å². The Labute approximate surface area is 240 Å². The average molecular weight is 560 g/mol. The van der Waals surface area contributed by atoms with E-state index in [0.29, 0.717) is 35.3 Å². The standard InChI is InChI=1S/C32H37N3O4S/c1-32(2,3)23-8-6-22(7-9-23)30(36)34-18-25-26(19-34)27(25)20-35(31(37)39-29-5-4-16-40-29)24-10-11-28(33-17-24)21-12-14-38-15-13-21/h4-11,16-17,21,25-27H,12-15,18-20H2,1-3H3. The first-order valence-corrected chi connectivity index (χ1v) is 15.1. The molecule has 4 heterocycles. The Morgan fingerprint density at radius 1 is 1.05 bits per heavy atom. The molecule has 1 aliphatic carbocycles. The van der Waals surface area contributed by atoms with Crippen molar-refractivity contribution >= 4 is 29.0 Å². The van der Waals surface area contributed by atoms with Gasteiger partial charge in [-0.2, -0.15) is 0 Å². The maximum atomic E-state index is 13.3. The fourth-order valence-electron chi connectivity index (χ4n) is 6.13. The van der Waals surface area contributed by atoms with Crippen LogP contribution in [0.1, 0.15) is 61.1 Å². The zero-order valence-corrected chi connectivity index (χ0v) is 24.2. The van der Waals surface area contributed by atoms with E-state index >= 15 is 0 Å². The van der Waals surface area contributed by atoms with Crippen LogP contribution in [0.3, 0.4) is 0 Å². The number of piperidine rings is 1. The van der Waals surface area contributed by atoms with Crippen LogP contribution in [0.5, 0.6) is 5.06 Å². The molecule has 2 atom stereocenters. The fourth-order valence-corrected chi connectivity index (χ4v) is 6.70. The molecule has 2 aliphatic heterocycles. The molecule has 40 heavy (non-hydrogen) atoms. The van der Waals surface area contributed by atoms with Crippen molar-refractivity contribution in [2.45, 2.75) is 44.9 Å². The van der Waals surface area contributed by atoms with Crippen LogP contribution in [0.25, 0.3) is 0 Å². The summed E-state index contributed by atoms with van der Waals surface area (Å²) in [5.74, 6) is 1.60. The fraction of sp³-hybridized carbons (Fsp3) is 0.469. The highest BCUT2D eigenvalue weighted by atomic mass is 32.1. The maximum absolute atomic E-state index is 13.3. The lowest BCUT2D eigenvalue weighted by atomic mass is 9.86. The van der Waals surface area contributed by atoms with Gasteiger partial charge in [0.2, 0.25) is 0 Å². The number of pyridine rings is 1. The minimum atomic E-state index is -0.389. The number of hydrogen-bond acceptors (Lipinski definition) is 6. The van der Waals surface area contributed by atoms with Gasteiger partial charge in [-0.3, -0.25) is 14.7 Å². The molecule has 8 heteroatoms. The van der Waals surface area contributed by atoms with Crippen molar-refractivity contribution < 1.29 is 19.1 Å².